The van der Waals surface area contributed by atoms with Crippen LogP contribution in [0.4, 0.5) is 5.69 Å². The van der Waals surface area contributed by atoms with Gasteiger partial charge in [0, 0.05) is 45.0 Å². The van der Waals surface area contributed by atoms with Gasteiger partial charge in [-0.25, -0.2) is 4.98 Å². The third-order valence-corrected chi connectivity index (χ3v) is 9.61. The van der Waals surface area contributed by atoms with Gasteiger partial charge in [-0.2, -0.15) is 0 Å². The first kappa shape index (κ1) is 40.4. The third-order valence-electron chi connectivity index (χ3n) is 9.61. The van der Waals surface area contributed by atoms with E-state index in [0.717, 1.165) is 28.8 Å². The molecule has 0 radical (unpaired) electrons. The molecule has 290 valence electrons. The first-order valence-corrected chi connectivity index (χ1v) is 18.8. The molecule has 0 aliphatic carbocycles. The van der Waals surface area contributed by atoms with E-state index in [0.29, 0.717) is 129 Å². The fraction of sp³-hybridized carbons (Fsp3) is 0.590. The van der Waals surface area contributed by atoms with Gasteiger partial charge in [0.15, 0.2) is 0 Å². The van der Waals surface area contributed by atoms with Gasteiger partial charge in [0.1, 0.15) is 12.4 Å². The maximum Gasteiger partial charge on any atom is 0.261 e. The molecule has 2 aliphatic rings. The van der Waals surface area contributed by atoms with Crippen molar-refractivity contribution in [3.63, 3.8) is 0 Å². The monoisotopic (exact) mass is 736 g/mol. The minimum atomic E-state index is -0.227. The van der Waals surface area contributed by atoms with Crippen LogP contribution in [0.2, 0.25) is 0 Å². The number of nitrogens with zero attached hydrogens (tertiary/aromatic N) is 5. The van der Waals surface area contributed by atoms with Gasteiger partial charge in [0.2, 0.25) is 11.8 Å². The molecule has 3 heterocycles. The van der Waals surface area contributed by atoms with Crippen molar-refractivity contribution in [3.8, 4) is 0 Å². The first-order valence-electron chi connectivity index (χ1n) is 18.8. The molecule has 53 heavy (non-hydrogen) atoms. The smallest absolute Gasteiger partial charge is 0.261 e. The lowest BCUT2D eigenvalue weighted by atomic mass is 10.1. The molecule has 1 aromatic heterocycles. The molecule has 2 fully saturated rings. The quantitative estimate of drug-likeness (QED) is 0.365. The minimum Gasteiger partial charge on any atom is -0.378 e. The molecule has 14 heteroatoms. The molecule has 0 saturated carbocycles. The molecule has 1 N–H and O–H groups in total. The molecule has 5 rings (SSSR count). The van der Waals surface area contributed by atoms with E-state index in [1.807, 2.05) is 49.1 Å². The third kappa shape index (κ3) is 12.1. The average molecular weight is 737 g/mol. The molecule has 2 amide bonds. The number of ether oxygens (including phenoxy) is 5. The number of carbonyl (C=O) groups excluding carboxylic acids is 2. The van der Waals surface area contributed by atoms with Gasteiger partial charge in [-0.05, 0) is 43.0 Å². The molecule has 14 nitrogen and oxygen atoms in total. The van der Waals surface area contributed by atoms with Gasteiger partial charge in [0.25, 0.3) is 5.56 Å². The fourth-order valence-electron chi connectivity index (χ4n) is 6.51. The standard InChI is InChI=1S/C39H56N6O8/c1-4-32-9-5-7-30(2)37(32)41-35(46)28-43-13-19-52-25-23-50-17-11-42(12-18-51-24-26-53-20-14-43)27-34-40-38-31(3)8-6-10-33(38)39(48)45(34)29-36(47)44-15-21-49-22-16-44/h5-10H,4,11-29H2,1-3H3,(H,41,46). The second-order valence-electron chi connectivity index (χ2n) is 13.4. The molecule has 2 saturated heterocycles. The highest BCUT2D eigenvalue weighted by atomic mass is 16.5. The number of aromatic nitrogens is 2. The van der Waals surface area contributed by atoms with E-state index in [1.54, 1.807) is 11.0 Å². The minimum absolute atomic E-state index is 0.0675. The van der Waals surface area contributed by atoms with Crippen molar-refractivity contribution in [1.82, 2.24) is 24.3 Å². The number of fused-ring (bicyclic) bond motifs is 1. The molecule has 0 spiro atoms. The van der Waals surface area contributed by atoms with Gasteiger partial charge in [-0.1, -0.05) is 37.3 Å². The summed E-state index contributed by atoms with van der Waals surface area (Å²) >= 11 is 0. The van der Waals surface area contributed by atoms with Crippen LogP contribution in [-0.4, -0.2) is 148 Å². The summed E-state index contributed by atoms with van der Waals surface area (Å²) < 4.78 is 30.6. The van der Waals surface area contributed by atoms with E-state index in [1.165, 1.54) is 4.57 Å². The summed E-state index contributed by atoms with van der Waals surface area (Å²) in [5.74, 6) is 0.327. The molecule has 0 bridgehead atoms. The Kier molecular flexibility index (Phi) is 16.2. The highest BCUT2D eigenvalue weighted by Gasteiger charge is 2.22. The normalized spacial score (nSPS) is 18.4. The number of aryl methyl sites for hydroxylation is 3. The maximum atomic E-state index is 13.8. The van der Waals surface area contributed by atoms with Crippen LogP contribution in [0.5, 0.6) is 0 Å². The van der Waals surface area contributed by atoms with E-state index in [9.17, 15) is 14.4 Å². The van der Waals surface area contributed by atoms with E-state index < -0.39 is 0 Å². The lowest BCUT2D eigenvalue weighted by Crippen LogP contribution is -2.44. The first-order chi connectivity index (χ1) is 25.8. The van der Waals surface area contributed by atoms with E-state index in [-0.39, 0.29) is 30.5 Å². The zero-order valence-corrected chi connectivity index (χ0v) is 31.6. The number of anilines is 1. The molecular weight excluding hydrogens is 680 g/mol. The fourth-order valence-corrected chi connectivity index (χ4v) is 6.51. The number of rotatable bonds is 8. The predicted molar refractivity (Wildman–Crippen MR) is 202 cm³/mol. The summed E-state index contributed by atoms with van der Waals surface area (Å²) in [7, 11) is 0. The number of benzene rings is 2. The number of carbonyl (C=O) groups is 2. The van der Waals surface area contributed by atoms with Crippen LogP contribution in [0.1, 0.15) is 29.4 Å². The summed E-state index contributed by atoms with van der Waals surface area (Å²) in [4.78, 5) is 51.1. The summed E-state index contributed by atoms with van der Waals surface area (Å²) in [5.41, 5.74) is 4.36. The van der Waals surface area contributed by atoms with Crippen molar-refractivity contribution < 1.29 is 33.3 Å². The van der Waals surface area contributed by atoms with Gasteiger partial charge in [-0.15, -0.1) is 0 Å². The molecule has 2 aliphatic heterocycles. The highest BCUT2D eigenvalue weighted by Crippen LogP contribution is 2.21. The number of morpholine rings is 1. The zero-order chi connectivity index (χ0) is 37.4. The van der Waals surface area contributed by atoms with Crippen molar-refractivity contribution >= 4 is 28.4 Å². The Morgan fingerprint density at radius 3 is 1.87 bits per heavy atom. The summed E-state index contributed by atoms with van der Waals surface area (Å²) in [6, 6.07) is 11.6. The lowest BCUT2D eigenvalue weighted by molar-refractivity contribution is -0.136. The molecule has 3 aromatic rings. The van der Waals surface area contributed by atoms with E-state index >= 15 is 0 Å². The van der Waals surface area contributed by atoms with E-state index in [4.69, 9.17) is 28.7 Å². The van der Waals surface area contributed by atoms with Crippen molar-refractivity contribution in [1.29, 1.82) is 0 Å². The SMILES string of the molecule is CCc1cccc(C)c1NC(=O)CN1CCOCCOCCN(Cc2nc3c(C)cccc3c(=O)n2CC(=O)N2CCOCC2)CCOCCOCC1. The van der Waals surface area contributed by atoms with Crippen LogP contribution in [0.15, 0.2) is 41.2 Å². The number of hydrogen-bond acceptors (Lipinski definition) is 11. The lowest BCUT2D eigenvalue weighted by Gasteiger charge is -2.28. The Morgan fingerprint density at radius 2 is 1.25 bits per heavy atom. The predicted octanol–water partition coefficient (Wildman–Crippen LogP) is 2.26. The Balaban J connectivity index is 1.18. The second kappa shape index (κ2) is 21.2. The van der Waals surface area contributed by atoms with Crippen LogP contribution < -0.4 is 10.9 Å². The van der Waals surface area contributed by atoms with Crippen LogP contribution in [-0.2, 0) is 52.8 Å². The average Bonchev–Trinajstić information content (AvgIpc) is 3.16. The highest BCUT2D eigenvalue weighted by molar-refractivity contribution is 5.93. The summed E-state index contributed by atoms with van der Waals surface area (Å²) in [6.07, 6.45) is 0.840. The topological polar surface area (TPSA) is 137 Å². The van der Waals surface area contributed by atoms with Gasteiger partial charge in [0.05, 0.1) is 90.1 Å². The number of nitrogens with one attached hydrogen (secondary N) is 1. The number of hydrogen-bond donors (Lipinski definition) is 1. The van der Waals surface area contributed by atoms with Crippen LogP contribution in [0.25, 0.3) is 10.9 Å². The van der Waals surface area contributed by atoms with Crippen LogP contribution in [0.3, 0.4) is 0 Å². The van der Waals surface area contributed by atoms with Crippen molar-refractivity contribution in [2.45, 2.75) is 40.3 Å². The molecule has 0 atom stereocenters. The zero-order valence-electron chi connectivity index (χ0n) is 31.6. The summed E-state index contributed by atoms with van der Waals surface area (Å²) in [5, 5.41) is 3.61. The Morgan fingerprint density at radius 1 is 0.698 bits per heavy atom. The largest absolute Gasteiger partial charge is 0.378 e. The maximum absolute atomic E-state index is 13.8. The summed E-state index contributed by atoms with van der Waals surface area (Å²) in [6.45, 7) is 14.1. The molecule has 2 aromatic carbocycles. The van der Waals surface area contributed by atoms with Gasteiger partial charge >= 0.3 is 0 Å². The second-order valence-corrected chi connectivity index (χ2v) is 13.4. The van der Waals surface area contributed by atoms with Crippen molar-refractivity contribution in [3.05, 3.63) is 69.3 Å². The van der Waals surface area contributed by atoms with Crippen LogP contribution >= 0.6 is 0 Å². The van der Waals surface area contributed by atoms with Gasteiger partial charge < -0.3 is 33.9 Å². The van der Waals surface area contributed by atoms with Crippen molar-refractivity contribution in [2.75, 3.05) is 117 Å². The Labute approximate surface area is 312 Å². The Hall–Kier alpha value is -3.76. The molecule has 0 unspecified atom stereocenters. The number of para-hydroxylation sites is 2. The van der Waals surface area contributed by atoms with Gasteiger partial charge in [-0.3, -0.25) is 28.8 Å². The molecular formula is C39H56N6O8. The van der Waals surface area contributed by atoms with Crippen LogP contribution in [0, 0.1) is 13.8 Å². The van der Waals surface area contributed by atoms with E-state index in [2.05, 4.69) is 17.1 Å². The Bertz CT molecular complexity index is 1670. The van der Waals surface area contributed by atoms with Crippen molar-refractivity contribution in [2.24, 2.45) is 0 Å². The number of amides is 2.